The Hall–Kier alpha value is -2.81. The predicted octanol–water partition coefficient (Wildman–Crippen LogP) is 4.48. The van der Waals surface area contributed by atoms with E-state index in [0.717, 1.165) is 5.39 Å². The first-order chi connectivity index (χ1) is 10.8. The van der Waals surface area contributed by atoms with E-state index in [9.17, 15) is 0 Å². The van der Waals surface area contributed by atoms with Crippen molar-refractivity contribution in [3.63, 3.8) is 0 Å². The van der Waals surface area contributed by atoms with Gasteiger partial charge in [0.25, 0.3) is 0 Å². The summed E-state index contributed by atoms with van der Waals surface area (Å²) in [4.78, 5) is 4.05. The van der Waals surface area contributed by atoms with E-state index in [1.807, 2.05) is 30.6 Å². The maximum atomic E-state index is 4.05. The van der Waals surface area contributed by atoms with Gasteiger partial charge in [-0.25, -0.2) is 0 Å². The van der Waals surface area contributed by atoms with E-state index in [1.54, 1.807) is 12.4 Å². The van der Waals surface area contributed by atoms with E-state index >= 15 is 0 Å². The van der Waals surface area contributed by atoms with Gasteiger partial charge in [0.15, 0.2) is 0 Å². The summed E-state index contributed by atoms with van der Waals surface area (Å²) in [5.74, 6) is 0. The molecule has 0 aliphatic heterocycles. The number of pyridine rings is 1. The highest BCUT2D eigenvalue weighted by Gasteiger charge is 1.94. The van der Waals surface area contributed by atoms with Crippen LogP contribution in [0, 0.1) is 13.8 Å². The minimum Gasteiger partial charge on any atom is -0.264 e. The molecule has 2 aromatic heterocycles. The molecule has 2 heterocycles. The monoisotopic (exact) mass is 287 g/mol. The average molecular weight is 287 g/mol. The Labute approximate surface area is 129 Å². The highest BCUT2D eigenvalue weighted by Crippen LogP contribution is 2.15. The molecule has 0 saturated heterocycles. The van der Waals surface area contributed by atoms with Gasteiger partial charge in [0.1, 0.15) is 0 Å². The first-order valence-corrected chi connectivity index (χ1v) is 7.21. The van der Waals surface area contributed by atoms with Crippen LogP contribution >= 0.6 is 0 Å². The van der Waals surface area contributed by atoms with Crippen molar-refractivity contribution in [2.45, 2.75) is 13.8 Å². The van der Waals surface area contributed by atoms with Gasteiger partial charge in [-0.15, -0.1) is 0 Å². The Kier molecular flexibility index (Phi) is 4.05. The van der Waals surface area contributed by atoms with Crippen molar-refractivity contribution in [1.82, 2.24) is 15.2 Å². The maximum Gasteiger partial charge on any atom is 0.0577 e. The third-order valence-electron chi connectivity index (χ3n) is 3.71. The maximum absolute atomic E-state index is 4.05. The van der Waals surface area contributed by atoms with Crippen LogP contribution in [0.25, 0.3) is 21.5 Å². The van der Waals surface area contributed by atoms with Gasteiger partial charge in [-0.2, -0.15) is 10.2 Å². The zero-order valence-electron chi connectivity index (χ0n) is 12.7. The Balaban J connectivity index is 0.000000131. The second kappa shape index (κ2) is 6.31. The molecule has 0 amide bonds. The van der Waals surface area contributed by atoms with Gasteiger partial charge in [-0.3, -0.25) is 4.98 Å². The standard InChI is InChI=1S/C10H9N.C9H8N2/c1-8-3-2-4-9-7-11-6-5-10(8)9;1-7-3-2-4-8-5-10-11-6-9(7)8/h2-7H,1H3;2-6H,1H3. The molecule has 4 aromatic rings. The number of nitrogens with zero attached hydrogens (tertiary/aromatic N) is 3. The summed E-state index contributed by atoms with van der Waals surface area (Å²) in [5, 5.41) is 12.5. The van der Waals surface area contributed by atoms with Gasteiger partial charge in [0.05, 0.1) is 12.4 Å². The molecular formula is C19H17N3. The SMILES string of the molecule is Cc1cccc2cnccc12.Cc1cccc2cnncc12. The number of fused-ring (bicyclic) bond motifs is 2. The molecular weight excluding hydrogens is 270 g/mol. The quantitative estimate of drug-likeness (QED) is 0.478. The largest absolute Gasteiger partial charge is 0.264 e. The Bertz CT molecular complexity index is 828. The number of rotatable bonds is 0. The van der Waals surface area contributed by atoms with E-state index in [1.165, 1.54) is 27.3 Å². The highest BCUT2D eigenvalue weighted by molar-refractivity contribution is 5.84. The summed E-state index contributed by atoms with van der Waals surface area (Å²) in [6, 6.07) is 14.4. The third kappa shape index (κ3) is 2.93. The molecule has 0 saturated carbocycles. The smallest absolute Gasteiger partial charge is 0.0577 e. The van der Waals surface area contributed by atoms with Crippen molar-refractivity contribution in [3.05, 3.63) is 78.4 Å². The Morgan fingerprint density at radius 3 is 1.95 bits per heavy atom. The topological polar surface area (TPSA) is 38.7 Å². The molecule has 0 spiro atoms. The fourth-order valence-electron chi connectivity index (χ4n) is 2.46. The van der Waals surface area contributed by atoms with Gasteiger partial charge in [0.2, 0.25) is 0 Å². The number of hydrogen-bond acceptors (Lipinski definition) is 3. The summed E-state index contributed by atoms with van der Waals surface area (Å²) in [7, 11) is 0. The molecule has 108 valence electrons. The van der Waals surface area contributed by atoms with Gasteiger partial charge < -0.3 is 0 Å². The molecule has 3 nitrogen and oxygen atoms in total. The third-order valence-corrected chi connectivity index (χ3v) is 3.71. The summed E-state index contributed by atoms with van der Waals surface area (Å²) >= 11 is 0. The molecule has 0 radical (unpaired) electrons. The Morgan fingerprint density at radius 1 is 0.636 bits per heavy atom. The molecule has 0 bridgehead atoms. The molecule has 2 aromatic carbocycles. The second-order valence-electron chi connectivity index (χ2n) is 5.24. The van der Waals surface area contributed by atoms with Crippen LogP contribution in [0.3, 0.4) is 0 Å². The molecule has 4 rings (SSSR count). The summed E-state index contributed by atoms with van der Waals surface area (Å²) in [6.45, 7) is 4.19. The summed E-state index contributed by atoms with van der Waals surface area (Å²) < 4.78 is 0. The van der Waals surface area contributed by atoms with Crippen LogP contribution in [0.2, 0.25) is 0 Å². The molecule has 3 heteroatoms. The molecule has 0 aliphatic carbocycles. The number of benzene rings is 2. The number of hydrogen-bond donors (Lipinski definition) is 0. The average Bonchev–Trinajstić information content (AvgIpc) is 2.57. The van der Waals surface area contributed by atoms with E-state index in [-0.39, 0.29) is 0 Å². The van der Waals surface area contributed by atoms with E-state index in [2.05, 4.69) is 53.3 Å². The zero-order chi connectivity index (χ0) is 15.4. The Morgan fingerprint density at radius 2 is 1.27 bits per heavy atom. The summed E-state index contributed by atoms with van der Waals surface area (Å²) in [6.07, 6.45) is 7.30. The van der Waals surface area contributed by atoms with Crippen LogP contribution in [-0.2, 0) is 0 Å². The fourth-order valence-corrected chi connectivity index (χ4v) is 2.46. The van der Waals surface area contributed by atoms with Gasteiger partial charge in [0, 0.05) is 28.6 Å². The zero-order valence-corrected chi connectivity index (χ0v) is 12.7. The van der Waals surface area contributed by atoms with Crippen LogP contribution in [0.15, 0.2) is 67.3 Å². The van der Waals surface area contributed by atoms with E-state index < -0.39 is 0 Å². The van der Waals surface area contributed by atoms with Crippen molar-refractivity contribution in [1.29, 1.82) is 0 Å². The van der Waals surface area contributed by atoms with E-state index in [4.69, 9.17) is 0 Å². The summed E-state index contributed by atoms with van der Waals surface area (Å²) in [5.41, 5.74) is 2.56. The minimum absolute atomic E-state index is 1.15. The highest BCUT2D eigenvalue weighted by atomic mass is 15.1. The number of aryl methyl sites for hydroxylation is 2. The lowest BCUT2D eigenvalue weighted by atomic mass is 10.1. The lowest BCUT2D eigenvalue weighted by molar-refractivity contribution is 1.05. The van der Waals surface area contributed by atoms with Crippen molar-refractivity contribution >= 4 is 21.5 Å². The van der Waals surface area contributed by atoms with Gasteiger partial charge >= 0.3 is 0 Å². The second-order valence-corrected chi connectivity index (χ2v) is 5.24. The first-order valence-electron chi connectivity index (χ1n) is 7.21. The van der Waals surface area contributed by atoms with Crippen LogP contribution in [0.5, 0.6) is 0 Å². The molecule has 0 N–H and O–H groups in total. The minimum atomic E-state index is 1.15. The van der Waals surface area contributed by atoms with E-state index in [0.29, 0.717) is 0 Å². The molecule has 0 atom stereocenters. The van der Waals surface area contributed by atoms with Crippen molar-refractivity contribution in [3.8, 4) is 0 Å². The lowest BCUT2D eigenvalue weighted by Crippen LogP contribution is -1.82. The van der Waals surface area contributed by atoms with Crippen molar-refractivity contribution < 1.29 is 0 Å². The lowest BCUT2D eigenvalue weighted by Gasteiger charge is -1.98. The molecule has 0 unspecified atom stereocenters. The van der Waals surface area contributed by atoms with Crippen LogP contribution < -0.4 is 0 Å². The van der Waals surface area contributed by atoms with Crippen molar-refractivity contribution in [2.24, 2.45) is 0 Å². The fraction of sp³-hybridized carbons (Fsp3) is 0.105. The van der Waals surface area contributed by atoms with Crippen molar-refractivity contribution in [2.75, 3.05) is 0 Å². The normalized spacial score (nSPS) is 10.3. The number of aromatic nitrogens is 3. The molecule has 0 fully saturated rings. The molecule has 22 heavy (non-hydrogen) atoms. The molecule has 0 aliphatic rings. The van der Waals surface area contributed by atoms with Gasteiger partial charge in [-0.05, 0) is 36.4 Å². The van der Waals surface area contributed by atoms with Crippen LogP contribution in [0.4, 0.5) is 0 Å². The van der Waals surface area contributed by atoms with Crippen LogP contribution in [0.1, 0.15) is 11.1 Å². The van der Waals surface area contributed by atoms with Crippen LogP contribution in [-0.4, -0.2) is 15.2 Å². The first kappa shape index (κ1) is 14.1. The van der Waals surface area contributed by atoms with Gasteiger partial charge in [-0.1, -0.05) is 36.4 Å². The predicted molar refractivity (Wildman–Crippen MR) is 90.8 cm³/mol.